The molecule has 8 heteroatoms. The van der Waals surface area contributed by atoms with Crippen LogP contribution >= 0.6 is 27.7 Å². The normalized spacial score (nSPS) is 11.0. The summed E-state index contributed by atoms with van der Waals surface area (Å²) >= 11 is 4.56. The minimum Gasteiger partial charge on any atom is -0.469 e. The van der Waals surface area contributed by atoms with Crippen LogP contribution in [0.3, 0.4) is 0 Å². The lowest BCUT2D eigenvalue weighted by molar-refractivity contribution is 0.535. The van der Waals surface area contributed by atoms with Gasteiger partial charge in [0.2, 0.25) is 5.16 Å². The standard InChI is InChI=1S/C14H12BrFN4OS/c1-8-11(4-5-21-8)13-18-19-14(20(13)17)22-7-9-2-3-10(15)6-12(9)16/h2-6H,7,17H2,1H3. The molecule has 0 aliphatic carbocycles. The number of rotatable bonds is 4. The van der Waals surface area contributed by atoms with Gasteiger partial charge < -0.3 is 10.3 Å². The second-order valence-corrected chi connectivity index (χ2v) is 6.45. The van der Waals surface area contributed by atoms with Crippen LogP contribution < -0.4 is 5.84 Å². The van der Waals surface area contributed by atoms with Gasteiger partial charge in [-0.2, -0.15) is 0 Å². The van der Waals surface area contributed by atoms with Gasteiger partial charge in [0.25, 0.3) is 0 Å². The molecule has 0 aliphatic rings. The number of furan rings is 1. The first kappa shape index (κ1) is 15.1. The molecule has 3 aromatic rings. The van der Waals surface area contributed by atoms with Crippen molar-refractivity contribution in [2.45, 2.75) is 17.8 Å². The summed E-state index contributed by atoms with van der Waals surface area (Å²) in [6.45, 7) is 1.83. The maximum atomic E-state index is 13.8. The lowest BCUT2D eigenvalue weighted by Gasteiger charge is -2.04. The monoisotopic (exact) mass is 382 g/mol. The average molecular weight is 383 g/mol. The molecule has 0 unspecified atom stereocenters. The molecule has 0 aliphatic heterocycles. The van der Waals surface area contributed by atoms with E-state index >= 15 is 0 Å². The van der Waals surface area contributed by atoms with Crippen molar-refractivity contribution in [3.8, 4) is 11.4 Å². The lowest BCUT2D eigenvalue weighted by Crippen LogP contribution is -2.11. The summed E-state index contributed by atoms with van der Waals surface area (Å²) in [7, 11) is 0. The van der Waals surface area contributed by atoms with E-state index in [2.05, 4.69) is 26.1 Å². The second kappa shape index (κ2) is 6.13. The van der Waals surface area contributed by atoms with Gasteiger partial charge in [-0.3, -0.25) is 0 Å². The van der Waals surface area contributed by atoms with Crippen LogP contribution in [-0.2, 0) is 5.75 Å². The van der Waals surface area contributed by atoms with Crippen molar-refractivity contribution in [1.82, 2.24) is 14.9 Å². The van der Waals surface area contributed by atoms with E-state index in [0.29, 0.717) is 26.8 Å². The number of aryl methyl sites for hydroxylation is 1. The zero-order chi connectivity index (χ0) is 15.7. The Morgan fingerprint density at radius 1 is 1.36 bits per heavy atom. The molecule has 0 bridgehead atoms. The Balaban J connectivity index is 1.79. The zero-order valence-electron chi connectivity index (χ0n) is 11.6. The van der Waals surface area contributed by atoms with Crippen molar-refractivity contribution in [2.24, 2.45) is 0 Å². The molecular formula is C14H12BrFN4OS. The Morgan fingerprint density at radius 2 is 2.18 bits per heavy atom. The summed E-state index contributed by atoms with van der Waals surface area (Å²) in [6.07, 6.45) is 1.57. The number of benzene rings is 1. The van der Waals surface area contributed by atoms with Gasteiger partial charge in [-0.1, -0.05) is 33.8 Å². The fourth-order valence-electron chi connectivity index (χ4n) is 1.96. The predicted octanol–water partition coefficient (Wildman–Crippen LogP) is 3.75. The SMILES string of the molecule is Cc1occc1-c1nnc(SCc2ccc(Br)cc2F)n1N. The number of thioether (sulfide) groups is 1. The van der Waals surface area contributed by atoms with Gasteiger partial charge in [0.1, 0.15) is 11.6 Å². The highest BCUT2D eigenvalue weighted by molar-refractivity contribution is 9.10. The van der Waals surface area contributed by atoms with Crippen molar-refractivity contribution in [3.05, 3.63) is 52.1 Å². The van der Waals surface area contributed by atoms with Crippen molar-refractivity contribution in [1.29, 1.82) is 0 Å². The number of halogens is 2. The summed E-state index contributed by atoms with van der Waals surface area (Å²) in [5.74, 6) is 7.40. The summed E-state index contributed by atoms with van der Waals surface area (Å²) < 4.78 is 21.1. The Bertz CT molecular complexity index is 817. The minimum absolute atomic E-state index is 0.268. The molecule has 5 nitrogen and oxygen atoms in total. The topological polar surface area (TPSA) is 69.9 Å². The third-order valence-electron chi connectivity index (χ3n) is 3.14. The lowest BCUT2D eigenvalue weighted by atomic mass is 10.2. The molecule has 0 fully saturated rings. The molecule has 0 saturated carbocycles. The quantitative estimate of drug-likeness (QED) is 0.549. The number of nitrogen functional groups attached to an aromatic ring is 1. The van der Waals surface area contributed by atoms with E-state index in [-0.39, 0.29) is 5.82 Å². The Morgan fingerprint density at radius 3 is 2.86 bits per heavy atom. The molecule has 22 heavy (non-hydrogen) atoms. The van der Waals surface area contributed by atoms with Crippen LogP contribution in [-0.4, -0.2) is 14.9 Å². The van der Waals surface area contributed by atoms with Crippen molar-refractivity contribution in [2.75, 3.05) is 5.84 Å². The molecule has 114 valence electrons. The fraction of sp³-hybridized carbons (Fsp3) is 0.143. The molecular weight excluding hydrogens is 371 g/mol. The van der Waals surface area contributed by atoms with Crippen molar-refractivity contribution in [3.63, 3.8) is 0 Å². The number of nitrogens with two attached hydrogens (primary N) is 1. The van der Waals surface area contributed by atoms with E-state index < -0.39 is 0 Å². The second-order valence-electron chi connectivity index (χ2n) is 4.59. The first-order valence-corrected chi connectivity index (χ1v) is 8.16. The first-order valence-electron chi connectivity index (χ1n) is 6.38. The van der Waals surface area contributed by atoms with Crippen LogP contribution in [0.5, 0.6) is 0 Å². The van der Waals surface area contributed by atoms with E-state index in [9.17, 15) is 4.39 Å². The number of hydrogen-bond acceptors (Lipinski definition) is 5. The predicted molar refractivity (Wildman–Crippen MR) is 86.3 cm³/mol. The van der Waals surface area contributed by atoms with Gasteiger partial charge in [-0.15, -0.1) is 10.2 Å². The van der Waals surface area contributed by atoms with Crippen LogP contribution in [0.25, 0.3) is 11.4 Å². The summed E-state index contributed by atoms with van der Waals surface area (Å²) in [6, 6.07) is 6.74. The third kappa shape index (κ3) is 2.89. The third-order valence-corrected chi connectivity index (χ3v) is 4.62. The van der Waals surface area contributed by atoms with Gasteiger partial charge in [0.15, 0.2) is 5.82 Å². The van der Waals surface area contributed by atoms with Gasteiger partial charge >= 0.3 is 0 Å². The Kier molecular flexibility index (Phi) is 4.21. The number of nitrogens with zero attached hydrogens (tertiary/aromatic N) is 3. The van der Waals surface area contributed by atoms with Gasteiger partial charge in [-0.25, -0.2) is 9.07 Å². The van der Waals surface area contributed by atoms with Crippen LogP contribution in [0.1, 0.15) is 11.3 Å². The highest BCUT2D eigenvalue weighted by atomic mass is 79.9. The van der Waals surface area contributed by atoms with E-state index in [4.69, 9.17) is 10.3 Å². The summed E-state index contributed by atoms with van der Waals surface area (Å²) in [5, 5.41) is 8.64. The molecule has 0 spiro atoms. The van der Waals surface area contributed by atoms with E-state index in [1.165, 1.54) is 22.5 Å². The largest absolute Gasteiger partial charge is 0.469 e. The van der Waals surface area contributed by atoms with Crippen molar-refractivity contribution >= 4 is 27.7 Å². The Hall–Kier alpha value is -1.80. The molecule has 0 radical (unpaired) electrons. The molecule has 0 saturated heterocycles. The Labute approximate surface area is 138 Å². The molecule has 2 N–H and O–H groups in total. The number of hydrogen-bond donors (Lipinski definition) is 1. The smallest absolute Gasteiger partial charge is 0.210 e. The number of aromatic nitrogens is 3. The molecule has 2 aromatic heterocycles. The van der Waals surface area contributed by atoms with Crippen molar-refractivity contribution < 1.29 is 8.81 Å². The van der Waals surface area contributed by atoms with Gasteiger partial charge in [0.05, 0.1) is 11.8 Å². The van der Waals surface area contributed by atoms with E-state index in [1.807, 2.05) is 6.92 Å². The van der Waals surface area contributed by atoms with E-state index in [0.717, 1.165) is 11.3 Å². The van der Waals surface area contributed by atoms with Gasteiger partial charge in [0, 0.05) is 10.2 Å². The molecule has 0 amide bonds. The van der Waals surface area contributed by atoms with Gasteiger partial charge in [-0.05, 0) is 30.7 Å². The van der Waals surface area contributed by atoms with Crippen LogP contribution in [0.4, 0.5) is 4.39 Å². The van der Waals surface area contributed by atoms with Crippen LogP contribution in [0.15, 0.2) is 44.6 Å². The maximum Gasteiger partial charge on any atom is 0.210 e. The summed E-state index contributed by atoms with van der Waals surface area (Å²) in [5.41, 5.74) is 1.37. The molecule has 1 aromatic carbocycles. The molecule has 3 rings (SSSR count). The average Bonchev–Trinajstić information content (AvgIpc) is 3.04. The highest BCUT2D eigenvalue weighted by Gasteiger charge is 2.16. The van der Waals surface area contributed by atoms with E-state index in [1.54, 1.807) is 24.5 Å². The highest BCUT2D eigenvalue weighted by Crippen LogP contribution is 2.27. The summed E-state index contributed by atoms with van der Waals surface area (Å²) in [4.78, 5) is 0. The minimum atomic E-state index is -0.268. The fourth-order valence-corrected chi connectivity index (χ4v) is 3.13. The van der Waals surface area contributed by atoms with Crippen LogP contribution in [0.2, 0.25) is 0 Å². The zero-order valence-corrected chi connectivity index (χ0v) is 14.0. The molecule has 2 heterocycles. The van der Waals surface area contributed by atoms with Crippen LogP contribution in [0, 0.1) is 12.7 Å². The first-order chi connectivity index (χ1) is 10.6. The maximum absolute atomic E-state index is 13.8. The molecule has 0 atom stereocenters.